The number of fused-ring (bicyclic) bond motifs is 1. The molecule has 1 unspecified atom stereocenters. The summed E-state index contributed by atoms with van der Waals surface area (Å²) in [7, 11) is -3.55. The summed E-state index contributed by atoms with van der Waals surface area (Å²) in [5.74, 6) is 0.224. The van der Waals surface area contributed by atoms with Gasteiger partial charge in [-0.15, -0.1) is 12.4 Å². The first-order chi connectivity index (χ1) is 10.6. The van der Waals surface area contributed by atoms with Gasteiger partial charge in [-0.2, -0.15) is 4.31 Å². The second-order valence-electron chi connectivity index (χ2n) is 5.61. The molecule has 0 aromatic carbocycles. The normalized spacial score (nSPS) is 19.7. The van der Waals surface area contributed by atoms with Crippen molar-refractivity contribution in [3.8, 4) is 0 Å². The van der Waals surface area contributed by atoms with Gasteiger partial charge in [-0.05, 0) is 37.8 Å². The molecule has 2 N–H and O–H groups in total. The molecule has 3 rings (SSSR count). The van der Waals surface area contributed by atoms with Gasteiger partial charge in [0.15, 0.2) is 0 Å². The second kappa shape index (κ2) is 7.12. The number of aryl methyl sites for hydroxylation is 1. The maximum absolute atomic E-state index is 12.8. The summed E-state index contributed by atoms with van der Waals surface area (Å²) in [4.78, 5) is 4.28. The van der Waals surface area contributed by atoms with Crippen molar-refractivity contribution in [3.63, 3.8) is 0 Å². The summed E-state index contributed by atoms with van der Waals surface area (Å²) >= 11 is 0. The van der Waals surface area contributed by atoms with E-state index in [0.717, 1.165) is 18.5 Å². The van der Waals surface area contributed by atoms with Crippen LogP contribution in [0.4, 0.5) is 0 Å². The first-order valence-electron chi connectivity index (χ1n) is 7.50. The van der Waals surface area contributed by atoms with E-state index in [2.05, 4.69) is 10.1 Å². The quantitative estimate of drug-likeness (QED) is 0.887. The molecule has 128 valence electrons. The first kappa shape index (κ1) is 18.1. The molecule has 0 spiro atoms. The van der Waals surface area contributed by atoms with E-state index in [0.29, 0.717) is 37.2 Å². The zero-order valence-electron chi connectivity index (χ0n) is 12.9. The fourth-order valence-electron chi connectivity index (χ4n) is 2.84. The van der Waals surface area contributed by atoms with Gasteiger partial charge >= 0.3 is 0 Å². The lowest BCUT2D eigenvalue weighted by atomic mass is 10.0. The summed E-state index contributed by atoms with van der Waals surface area (Å²) in [6, 6.07) is 1.61. The molecular formula is C14H21ClN4O3S. The van der Waals surface area contributed by atoms with Crippen LogP contribution in [0.5, 0.6) is 0 Å². The molecule has 23 heavy (non-hydrogen) atoms. The van der Waals surface area contributed by atoms with Gasteiger partial charge in [-0.3, -0.25) is 0 Å². The molecule has 1 aliphatic rings. The smallest absolute Gasteiger partial charge is 0.258 e. The fourth-order valence-corrected chi connectivity index (χ4v) is 4.37. The molecule has 0 saturated carbocycles. The summed E-state index contributed by atoms with van der Waals surface area (Å²) in [6.07, 6.45) is 3.82. The van der Waals surface area contributed by atoms with Gasteiger partial charge in [0.05, 0.1) is 17.3 Å². The molecule has 2 aromatic rings. The van der Waals surface area contributed by atoms with Crippen molar-refractivity contribution in [2.24, 2.45) is 11.7 Å². The highest BCUT2D eigenvalue weighted by Crippen LogP contribution is 2.26. The Morgan fingerprint density at radius 3 is 2.96 bits per heavy atom. The van der Waals surface area contributed by atoms with Crippen molar-refractivity contribution in [2.45, 2.75) is 31.1 Å². The van der Waals surface area contributed by atoms with Crippen LogP contribution >= 0.6 is 12.4 Å². The SMILES string of the molecule is CCc1noc2ncc(S(=O)(=O)N3CCCC(CN)C3)cc12.Cl. The zero-order valence-corrected chi connectivity index (χ0v) is 14.6. The third-order valence-corrected chi connectivity index (χ3v) is 6.00. The predicted octanol–water partition coefficient (Wildman–Crippen LogP) is 1.57. The van der Waals surface area contributed by atoms with Crippen LogP contribution in [0.2, 0.25) is 0 Å². The number of aromatic nitrogens is 2. The number of nitrogens with two attached hydrogens (primary N) is 1. The number of hydrogen-bond acceptors (Lipinski definition) is 6. The molecule has 0 aliphatic carbocycles. The van der Waals surface area contributed by atoms with E-state index in [1.165, 1.54) is 10.5 Å². The number of sulfonamides is 1. The van der Waals surface area contributed by atoms with Gasteiger partial charge in [-0.25, -0.2) is 13.4 Å². The Hall–Kier alpha value is -1.22. The van der Waals surface area contributed by atoms with Crippen LogP contribution in [0, 0.1) is 5.92 Å². The van der Waals surface area contributed by atoms with Gasteiger partial charge in [0.25, 0.3) is 5.71 Å². The molecule has 0 bridgehead atoms. The topological polar surface area (TPSA) is 102 Å². The van der Waals surface area contributed by atoms with E-state index >= 15 is 0 Å². The second-order valence-corrected chi connectivity index (χ2v) is 7.55. The monoisotopic (exact) mass is 360 g/mol. The van der Waals surface area contributed by atoms with Gasteiger partial charge in [0, 0.05) is 13.1 Å². The Kier molecular flexibility index (Phi) is 5.61. The van der Waals surface area contributed by atoms with Crippen molar-refractivity contribution >= 4 is 33.5 Å². The highest BCUT2D eigenvalue weighted by atomic mass is 35.5. The lowest BCUT2D eigenvalue weighted by Crippen LogP contribution is -2.41. The predicted molar refractivity (Wildman–Crippen MR) is 89.0 cm³/mol. The van der Waals surface area contributed by atoms with E-state index in [9.17, 15) is 8.42 Å². The number of piperidine rings is 1. The lowest BCUT2D eigenvalue weighted by molar-refractivity contribution is 0.271. The highest BCUT2D eigenvalue weighted by molar-refractivity contribution is 7.89. The lowest BCUT2D eigenvalue weighted by Gasteiger charge is -2.31. The first-order valence-corrected chi connectivity index (χ1v) is 8.94. The van der Waals surface area contributed by atoms with Crippen molar-refractivity contribution in [3.05, 3.63) is 18.0 Å². The summed E-state index contributed by atoms with van der Waals surface area (Å²) in [5, 5.41) is 4.58. The van der Waals surface area contributed by atoms with E-state index in [1.807, 2.05) is 6.92 Å². The number of hydrogen-bond donors (Lipinski definition) is 1. The van der Waals surface area contributed by atoms with Crippen LogP contribution in [-0.4, -0.2) is 42.5 Å². The van der Waals surface area contributed by atoms with Crippen LogP contribution in [0.1, 0.15) is 25.5 Å². The minimum Gasteiger partial charge on any atom is -0.336 e. The fraction of sp³-hybridized carbons (Fsp3) is 0.571. The molecule has 1 atom stereocenters. The summed E-state index contributed by atoms with van der Waals surface area (Å²) in [5.41, 5.74) is 6.78. The average Bonchev–Trinajstić information content (AvgIpc) is 2.97. The molecule has 3 heterocycles. The molecular weight excluding hydrogens is 340 g/mol. The Bertz CT molecular complexity index is 777. The third kappa shape index (κ3) is 3.35. The van der Waals surface area contributed by atoms with E-state index < -0.39 is 10.0 Å². The summed E-state index contributed by atoms with van der Waals surface area (Å²) < 4.78 is 32.2. The van der Waals surface area contributed by atoms with Gasteiger partial charge in [0.1, 0.15) is 4.90 Å². The van der Waals surface area contributed by atoms with E-state index in [-0.39, 0.29) is 23.2 Å². The Morgan fingerprint density at radius 1 is 1.48 bits per heavy atom. The van der Waals surface area contributed by atoms with Crippen LogP contribution in [0.3, 0.4) is 0 Å². The van der Waals surface area contributed by atoms with Crippen molar-refractivity contribution in [1.82, 2.24) is 14.4 Å². The van der Waals surface area contributed by atoms with E-state index in [4.69, 9.17) is 10.3 Å². The average molecular weight is 361 g/mol. The number of pyridine rings is 1. The molecule has 1 aliphatic heterocycles. The maximum atomic E-state index is 12.8. The van der Waals surface area contributed by atoms with Gasteiger partial charge in [-0.1, -0.05) is 12.1 Å². The van der Waals surface area contributed by atoms with Crippen LogP contribution in [0.25, 0.3) is 11.1 Å². The number of nitrogens with zero attached hydrogens (tertiary/aromatic N) is 3. The molecule has 9 heteroatoms. The molecule has 1 fully saturated rings. The van der Waals surface area contributed by atoms with Crippen molar-refractivity contribution in [2.75, 3.05) is 19.6 Å². The maximum Gasteiger partial charge on any atom is 0.258 e. The van der Waals surface area contributed by atoms with Crippen molar-refractivity contribution in [1.29, 1.82) is 0 Å². The van der Waals surface area contributed by atoms with Crippen LogP contribution in [-0.2, 0) is 16.4 Å². The third-order valence-electron chi connectivity index (χ3n) is 4.17. The Labute approximate surface area is 141 Å². The van der Waals surface area contributed by atoms with Crippen molar-refractivity contribution < 1.29 is 12.9 Å². The summed E-state index contributed by atoms with van der Waals surface area (Å²) in [6.45, 7) is 3.45. The van der Waals surface area contributed by atoms with Crippen LogP contribution < -0.4 is 5.73 Å². The van der Waals surface area contributed by atoms with Gasteiger partial charge < -0.3 is 10.3 Å². The highest BCUT2D eigenvalue weighted by Gasteiger charge is 2.30. The molecule has 2 aromatic heterocycles. The minimum absolute atomic E-state index is 0. The molecule has 7 nitrogen and oxygen atoms in total. The largest absolute Gasteiger partial charge is 0.336 e. The Balaban J connectivity index is 0.00000192. The standard InChI is InChI=1S/C14H20N4O3S.ClH/c1-2-13-12-6-11(8-16-14(12)21-17-13)22(19,20)18-5-3-4-10(7-15)9-18;/h6,8,10H,2-5,7,9,15H2,1H3;1H. The molecule has 0 amide bonds. The minimum atomic E-state index is -3.55. The Morgan fingerprint density at radius 2 is 2.26 bits per heavy atom. The van der Waals surface area contributed by atoms with E-state index in [1.54, 1.807) is 6.07 Å². The zero-order chi connectivity index (χ0) is 15.7. The number of rotatable bonds is 4. The number of halogens is 1. The van der Waals surface area contributed by atoms with Gasteiger partial charge in [0.2, 0.25) is 10.0 Å². The molecule has 0 radical (unpaired) electrons. The molecule has 1 saturated heterocycles. The van der Waals surface area contributed by atoms with Crippen LogP contribution in [0.15, 0.2) is 21.7 Å².